The minimum absolute atomic E-state index is 0.0222. The summed E-state index contributed by atoms with van der Waals surface area (Å²) >= 11 is 0. The van der Waals surface area contributed by atoms with Crippen LogP contribution < -0.4 is 5.32 Å². The minimum Gasteiger partial charge on any atom is -0.365 e. The molecule has 2 amide bonds. The number of rotatable bonds is 6. The van der Waals surface area contributed by atoms with Crippen molar-refractivity contribution in [3.8, 4) is 0 Å². The maximum absolute atomic E-state index is 13.3. The van der Waals surface area contributed by atoms with Gasteiger partial charge in [0.25, 0.3) is 5.91 Å². The fourth-order valence-corrected chi connectivity index (χ4v) is 3.30. The Kier molecular flexibility index (Phi) is 6.26. The fourth-order valence-electron chi connectivity index (χ4n) is 3.30. The summed E-state index contributed by atoms with van der Waals surface area (Å²) < 4.78 is 0. The van der Waals surface area contributed by atoms with Crippen molar-refractivity contribution in [3.63, 3.8) is 0 Å². The normalized spacial score (nSPS) is 19.4. The van der Waals surface area contributed by atoms with Gasteiger partial charge in [0.1, 0.15) is 5.82 Å². The van der Waals surface area contributed by atoms with E-state index in [1.54, 1.807) is 11.8 Å². The molecule has 144 valence electrons. The zero-order valence-corrected chi connectivity index (χ0v) is 16.8. The van der Waals surface area contributed by atoms with Crippen molar-refractivity contribution in [2.45, 2.75) is 59.4 Å². The molecule has 0 bridgehead atoms. The number of carbonyl (C=O) groups excluding carboxylic acids is 2. The van der Waals surface area contributed by atoms with Crippen LogP contribution in [-0.2, 0) is 9.59 Å². The number of nitrogens with zero attached hydrogens (tertiary/aromatic N) is 3. The molecule has 0 aromatic heterocycles. The van der Waals surface area contributed by atoms with Gasteiger partial charge in [-0.2, -0.15) is 0 Å². The summed E-state index contributed by atoms with van der Waals surface area (Å²) in [6, 6.07) is 0. The van der Waals surface area contributed by atoms with E-state index in [9.17, 15) is 9.59 Å². The number of hydrogen-bond donors (Lipinski definition) is 1. The predicted molar refractivity (Wildman–Crippen MR) is 105 cm³/mol. The quantitative estimate of drug-likeness (QED) is 0.450. The lowest BCUT2D eigenvalue weighted by atomic mass is 9.97. The lowest BCUT2D eigenvalue weighted by Crippen LogP contribution is -2.50. The van der Waals surface area contributed by atoms with Gasteiger partial charge in [0.2, 0.25) is 5.91 Å². The molecule has 1 N–H and O–H groups in total. The van der Waals surface area contributed by atoms with E-state index in [1.165, 1.54) is 0 Å². The van der Waals surface area contributed by atoms with Gasteiger partial charge in [-0.25, -0.2) is 4.99 Å². The van der Waals surface area contributed by atoms with Gasteiger partial charge in [-0.05, 0) is 46.8 Å². The van der Waals surface area contributed by atoms with Crippen LogP contribution in [-0.4, -0.2) is 60.0 Å². The Morgan fingerprint density at radius 3 is 2.00 bits per heavy atom. The van der Waals surface area contributed by atoms with Gasteiger partial charge < -0.3 is 15.1 Å². The number of nitrogens with one attached hydrogen (secondary N) is 1. The largest absolute Gasteiger partial charge is 0.365 e. The van der Waals surface area contributed by atoms with Crippen molar-refractivity contribution in [1.82, 2.24) is 15.1 Å². The highest BCUT2D eigenvalue weighted by molar-refractivity contribution is 5.98. The average molecular weight is 361 g/mol. The van der Waals surface area contributed by atoms with E-state index >= 15 is 0 Å². The molecule has 6 heteroatoms. The molecule has 0 aromatic rings. The van der Waals surface area contributed by atoms with Crippen LogP contribution in [0.15, 0.2) is 27.5 Å². The van der Waals surface area contributed by atoms with Gasteiger partial charge in [0.15, 0.2) is 0 Å². The summed E-state index contributed by atoms with van der Waals surface area (Å²) in [6.45, 7) is 15.7. The molecular weight excluding hydrogens is 328 g/mol. The number of amides is 2. The first kappa shape index (κ1) is 20.2. The molecule has 26 heavy (non-hydrogen) atoms. The molecule has 1 aliphatic heterocycles. The molecule has 1 heterocycles. The number of allylic oxidation sites excluding steroid dienone is 1. The van der Waals surface area contributed by atoms with Gasteiger partial charge in [0.05, 0.1) is 0 Å². The molecule has 1 aliphatic carbocycles. The van der Waals surface area contributed by atoms with Crippen molar-refractivity contribution in [3.05, 3.63) is 22.5 Å². The molecule has 0 aromatic carbocycles. The van der Waals surface area contributed by atoms with Crippen LogP contribution in [0.5, 0.6) is 0 Å². The highest BCUT2D eigenvalue weighted by atomic mass is 16.2. The Morgan fingerprint density at radius 2 is 1.62 bits per heavy atom. The second kappa shape index (κ2) is 8.06. The van der Waals surface area contributed by atoms with Crippen LogP contribution in [0.2, 0.25) is 0 Å². The summed E-state index contributed by atoms with van der Waals surface area (Å²) in [4.78, 5) is 32.6. The van der Waals surface area contributed by atoms with Crippen LogP contribution >= 0.6 is 0 Å². The van der Waals surface area contributed by atoms with E-state index in [1.807, 2.05) is 25.7 Å². The molecule has 2 fully saturated rings. The first-order chi connectivity index (χ1) is 12.2. The Labute approximate surface area is 157 Å². The van der Waals surface area contributed by atoms with Crippen molar-refractivity contribution < 1.29 is 9.59 Å². The van der Waals surface area contributed by atoms with E-state index in [2.05, 4.69) is 24.0 Å². The Morgan fingerprint density at radius 1 is 1.08 bits per heavy atom. The SMILES string of the molecule is C=N/C(NC1(C)CC1)=C(\CC)C(C(=O)N1CCN(C(C)=O)CC1)=C(C)C. The molecule has 0 radical (unpaired) electrons. The number of carbonyl (C=O) groups is 2. The third kappa shape index (κ3) is 4.54. The third-order valence-corrected chi connectivity index (χ3v) is 5.25. The van der Waals surface area contributed by atoms with Gasteiger partial charge in [-0.1, -0.05) is 12.5 Å². The summed E-state index contributed by atoms with van der Waals surface area (Å²) in [6.07, 6.45) is 2.92. The fraction of sp³-hybridized carbons (Fsp3) is 0.650. The lowest BCUT2D eigenvalue weighted by molar-refractivity contribution is -0.136. The maximum atomic E-state index is 13.3. The van der Waals surface area contributed by atoms with Gasteiger partial charge in [-0.15, -0.1) is 0 Å². The summed E-state index contributed by atoms with van der Waals surface area (Å²) in [7, 11) is 0. The molecule has 0 spiro atoms. The Bertz CT molecular complexity index is 647. The Balaban J connectivity index is 2.26. The van der Waals surface area contributed by atoms with Crippen molar-refractivity contribution >= 4 is 18.5 Å². The smallest absolute Gasteiger partial charge is 0.254 e. The molecule has 2 aliphatic rings. The number of hydrogen-bond acceptors (Lipinski definition) is 4. The summed E-state index contributed by atoms with van der Waals surface area (Å²) in [5.41, 5.74) is 2.69. The van der Waals surface area contributed by atoms with Crippen molar-refractivity contribution in [2.75, 3.05) is 26.2 Å². The first-order valence-electron chi connectivity index (χ1n) is 9.43. The minimum atomic E-state index is 0.0222. The second-order valence-corrected chi connectivity index (χ2v) is 7.70. The van der Waals surface area contributed by atoms with E-state index in [0.717, 1.165) is 35.4 Å². The molecule has 0 unspecified atom stereocenters. The van der Waals surface area contributed by atoms with Crippen LogP contribution in [0.4, 0.5) is 0 Å². The molecule has 6 nitrogen and oxygen atoms in total. The van der Waals surface area contributed by atoms with Crippen LogP contribution in [0.25, 0.3) is 0 Å². The monoisotopic (exact) mass is 360 g/mol. The second-order valence-electron chi connectivity index (χ2n) is 7.70. The molecule has 2 rings (SSSR count). The molecule has 0 atom stereocenters. The van der Waals surface area contributed by atoms with Gasteiger partial charge in [-0.3, -0.25) is 9.59 Å². The molecular formula is C20H32N4O2. The highest BCUT2D eigenvalue weighted by Crippen LogP contribution is 2.37. The zero-order chi connectivity index (χ0) is 19.5. The zero-order valence-electron chi connectivity index (χ0n) is 16.8. The molecule has 1 saturated carbocycles. The highest BCUT2D eigenvalue weighted by Gasteiger charge is 2.38. The predicted octanol–water partition coefficient (Wildman–Crippen LogP) is 2.48. The van der Waals surface area contributed by atoms with Gasteiger partial charge >= 0.3 is 0 Å². The average Bonchev–Trinajstić information content (AvgIpc) is 3.34. The first-order valence-corrected chi connectivity index (χ1v) is 9.43. The number of aliphatic imine (C=N–C) groups is 1. The van der Waals surface area contributed by atoms with Gasteiger partial charge in [0, 0.05) is 49.8 Å². The van der Waals surface area contributed by atoms with E-state index in [0.29, 0.717) is 32.6 Å². The van der Waals surface area contributed by atoms with Crippen LogP contribution in [0, 0.1) is 0 Å². The van der Waals surface area contributed by atoms with E-state index < -0.39 is 0 Å². The standard InChI is InChI=1S/C20H32N4O2/c1-7-16(18(21-6)22-20(5)8-9-20)17(14(2)3)19(26)24-12-10-23(11-13-24)15(4)25/h22H,6-13H2,1-5H3/b18-16-. The number of piperazine rings is 1. The van der Waals surface area contributed by atoms with Crippen LogP contribution in [0.1, 0.15) is 53.9 Å². The van der Waals surface area contributed by atoms with Crippen LogP contribution in [0.3, 0.4) is 0 Å². The van der Waals surface area contributed by atoms with Crippen molar-refractivity contribution in [2.24, 2.45) is 4.99 Å². The third-order valence-electron chi connectivity index (χ3n) is 5.25. The van der Waals surface area contributed by atoms with E-state index in [4.69, 9.17) is 0 Å². The summed E-state index contributed by atoms with van der Waals surface area (Å²) in [5.74, 6) is 0.807. The topological polar surface area (TPSA) is 65.0 Å². The molecule has 1 saturated heterocycles. The maximum Gasteiger partial charge on any atom is 0.254 e. The van der Waals surface area contributed by atoms with E-state index in [-0.39, 0.29) is 17.4 Å². The summed E-state index contributed by atoms with van der Waals surface area (Å²) in [5, 5.41) is 3.48. The van der Waals surface area contributed by atoms with Crippen molar-refractivity contribution in [1.29, 1.82) is 0 Å². The lowest BCUT2D eigenvalue weighted by Gasteiger charge is -2.35. The Hall–Kier alpha value is -2.11.